The Morgan fingerprint density at radius 1 is 1.38 bits per heavy atom. The third kappa shape index (κ3) is 5.23. The molecule has 1 aromatic carbocycles. The van der Waals surface area contributed by atoms with Gasteiger partial charge in [-0.3, -0.25) is 9.59 Å². The number of nitrogens with zero attached hydrogens (tertiary/aromatic N) is 1. The van der Waals surface area contributed by atoms with Crippen LogP contribution in [0.1, 0.15) is 24.8 Å². The van der Waals surface area contributed by atoms with E-state index in [9.17, 15) is 19.1 Å². The van der Waals surface area contributed by atoms with Crippen LogP contribution in [0.15, 0.2) is 35.2 Å². The van der Waals surface area contributed by atoms with Crippen molar-refractivity contribution in [2.75, 3.05) is 13.6 Å². The summed E-state index contributed by atoms with van der Waals surface area (Å²) in [6.45, 7) is 0.626. The van der Waals surface area contributed by atoms with Crippen molar-refractivity contribution < 1.29 is 24.2 Å². The Hall–Kier alpha value is -2.22. The van der Waals surface area contributed by atoms with Gasteiger partial charge in [-0.2, -0.15) is 0 Å². The van der Waals surface area contributed by atoms with Crippen molar-refractivity contribution in [2.45, 2.75) is 25.3 Å². The Morgan fingerprint density at radius 3 is 2.76 bits per heavy atom. The van der Waals surface area contributed by atoms with E-state index in [-0.39, 0.29) is 5.82 Å². The summed E-state index contributed by atoms with van der Waals surface area (Å²) in [5.74, 6) is -3.58. The predicted molar refractivity (Wildman–Crippen MR) is 112 cm³/mol. The van der Waals surface area contributed by atoms with E-state index in [2.05, 4.69) is 0 Å². The third-order valence-corrected chi connectivity index (χ3v) is 6.52. The number of halogens is 2. The minimum absolute atomic E-state index is 0.347. The largest absolute Gasteiger partial charge is 0.481 e. The number of hydrogen-bond donors (Lipinski definition) is 2. The number of benzene rings is 1. The SMILES string of the molecule is CN1CC/C(=C\c2ccc(F)cc2-c2cc(Cl)cs2)CC1C(CC(=O)O)C(=O)O. The first-order valence-electron chi connectivity index (χ1n) is 9.13. The van der Waals surface area contributed by atoms with Crippen LogP contribution in [-0.4, -0.2) is 46.7 Å². The molecule has 2 heterocycles. The molecule has 2 atom stereocenters. The van der Waals surface area contributed by atoms with E-state index in [1.54, 1.807) is 17.5 Å². The zero-order chi connectivity index (χ0) is 21.1. The van der Waals surface area contributed by atoms with Crippen molar-refractivity contribution in [1.82, 2.24) is 4.90 Å². The van der Waals surface area contributed by atoms with Gasteiger partial charge in [0.15, 0.2) is 0 Å². The van der Waals surface area contributed by atoms with Gasteiger partial charge in [-0.05, 0) is 43.7 Å². The van der Waals surface area contributed by atoms with E-state index in [4.69, 9.17) is 16.7 Å². The number of carboxylic acid groups (broad SMARTS) is 2. The van der Waals surface area contributed by atoms with Crippen LogP contribution >= 0.6 is 22.9 Å². The number of thiophene rings is 1. The Balaban J connectivity index is 1.93. The van der Waals surface area contributed by atoms with Crippen molar-refractivity contribution in [2.24, 2.45) is 5.92 Å². The molecule has 3 rings (SSSR count). The van der Waals surface area contributed by atoms with Gasteiger partial charge >= 0.3 is 11.9 Å². The lowest BCUT2D eigenvalue weighted by Crippen LogP contribution is -2.45. The van der Waals surface area contributed by atoms with E-state index >= 15 is 0 Å². The highest BCUT2D eigenvalue weighted by atomic mass is 35.5. The van der Waals surface area contributed by atoms with Gasteiger partial charge in [0.05, 0.1) is 17.4 Å². The van der Waals surface area contributed by atoms with Crippen LogP contribution in [0.25, 0.3) is 16.5 Å². The molecule has 154 valence electrons. The van der Waals surface area contributed by atoms with Crippen molar-refractivity contribution in [3.63, 3.8) is 0 Å². The van der Waals surface area contributed by atoms with Gasteiger partial charge in [0.2, 0.25) is 0 Å². The molecule has 2 N–H and O–H groups in total. The standard InChI is InChI=1S/C21H21ClFNO4S/c1-24-5-4-12(7-18(24)17(21(27)28)10-20(25)26)6-13-2-3-15(23)9-16(13)19-8-14(22)11-29-19/h2-3,6,8-9,11,17-18H,4-5,7,10H2,1H3,(H,25,26)(H,27,28)/b12-6+. The zero-order valence-electron chi connectivity index (χ0n) is 15.8. The van der Waals surface area contributed by atoms with E-state index < -0.39 is 30.3 Å². The fraction of sp³-hybridized carbons (Fsp3) is 0.333. The molecule has 0 spiro atoms. The Morgan fingerprint density at radius 2 is 2.14 bits per heavy atom. The van der Waals surface area contributed by atoms with Gasteiger partial charge in [0.25, 0.3) is 0 Å². The molecule has 1 aromatic heterocycles. The molecule has 2 aromatic rings. The minimum Gasteiger partial charge on any atom is -0.481 e. The summed E-state index contributed by atoms with van der Waals surface area (Å²) < 4.78 is 13.9. The second kappa shape index (κ2) is 9.07. The summed E-state index contributed by atoms with van der Waals surface area (Å²) in [5, 5.41) is 21.0. The number of carboxylic acids is 2. The Kier molecular flexibility index (Phi) is 6.72. The fourth-order valence-electron chi connectivity index (χ4n) is 3.71. The Labute approximate surface area is 177 Å². The second-order valence-corrected chi connectivity index (χ2v) is 8.56. The molecule has 29 heavy (non-hydrogen) atoms. The Bertz CT molecular complexity index is 958. The van der Waals surface area contributed by atoms with Crippen LogP contribution in [0.2, 0.25) is 5.02 Å². The summed E-state index contributed by atoms with van der Waals surface area (Å²) in [6, 6.07) is 5.93. The van der Waals surface area contributed by atoms with Gasteiger partial charge in [0, 0.05) is 28.4 Å². The minimum atomic E-state index is -1.13. The van der Waals surface area contributed by atoms with Gasteiger partial charge in [0.1, 0.15) is 5.82 Å². The lowest BCUT2D eigenvalue weighted by atomic mass is 9.85. The second-order valence-electron chi connectivity index (χ2n) is 7.21. The van der Waals surface area contributed by atoms with E-state index in [0.29, 0.717) is 18.0 Å². The number of rotatable bonds is 6. The van der Waals surface area contributed by atoms with Gasteiger partial charge in [-0.15, -0.1) is 11.3 Å². The number of aliphatic carboxylic acids is 2. The number of likely N-dealkylation sites (tertiary alicyclic amines) is 1. The molecule has 0 saturated carbocycles. The summed E-state index contributed by atoms with van der Waals surface area (Å²) >= 11 is 7.45. The molecule has 1 fully saturated rings. The summed E-state index contributed by atoms with van der Waals surface area (Å²) in [5.41, 5.74) is 2.57. The maximum Gasteiger partial charge on any atom is 0.308 e. The fourth-order valence-corrected chi connectivity index (χ4v) is 4.82. The zero-order valence-corrected chi connectivity index (χ0v) is 17.3. The number of hydrogen-bond acceptors (Lipinski definition) is 4. The van der Waals surface area contributed by atoms with Crippen LogP contribution in [0.5, 0.6) is 0 Å². The number of piperidine rings is 1. The van der Waals surface area contributed by atoms with Crippen LogP contribution < -0.4 is 0 Å². The highest BCUT2D eigenvalue weighted by Crippen LogP contribution is 2.35. The van der Waals surface area contributed by atoms with E-state index in [1.165, 1.54) is 23.5 Å². The van der Waals surface area contributed by atoms with Crippen LogP contribution in [0.3, 0.4) is 0 Å². The molecular formula is C21H21ClFNO4S. The smallest absolute Gasteiger partial charge is 0.308 e. The highest BCUT2D eigenvalue weighted by Gasteiger charge is 2.35. The molecule has 0 aliphatic carbocycles. The lowest BCUT2D eigenvalue weighted by Gasteiger charge is -2.37. The molecule has 0 radical (unpaired) electrons. The quantitative estimate of drug-likeness (QED) is 0.674. The van der Waals surface area contributed by atoms with Crippen LogP contribution in [0, 0.1) is 11.7 Å². The van der Waals surface area contributed by atoms with Crippen molar-refractivity contribution in [3.05, 3.63) is 51.6 Å². The first kappa shape index (κ1) is 21.5. The molecule has 0 bridgehead atoms. The molecule has 0 amide bonds. The predicted octanol–water partition coefficient (Wildman–Crippen LogP) is 4.86. The lowest BCUT2D eigenvalue weighted by molar-refractivity contribution is -0.150. The van der Waals surface area contributed by atoms with Crippen LogP contribution in [0.4, 0.5) is 4.39 Å². The first-order valence-corrected chi connectivity index (χ1v) is 10.4. The van der Waals surface area contributed by atoms with Crippen molar-refractivity contribution >= 4 is 41.0 Å². The average molecular weight is 438 g/mol. The molecule has 1 aliphatic rings. The summed E-state index contributed by atoms with van der Waals surface area (Å²) in [7, 11) is 1.82. The maximum absolute atomic E-state index is 13.9. The molecule has 1 aliphatic heterocycles. The first-order chi connectivity index (χ1) is 13.7. The molecule has 5 nitrogen and oxygen atoms in total. The van der Waals surface area contributed by atoms with Gasteiger partial charge < -0.3 is 15.1 Å². The normalized spacial score (nSPS) is 20.0. The third-order valence-electron chi connectivity index (χ3n) is 5.21. The van der Waals surface area contributed by atoms with Crippen LogP contribution in [-0.2, 0) is 9.59 Å². The van der Waals surface area contributed by atoms with Crippen molar-refractivity contribution in [3.8, 4) is 10.4 Å². The van der Waals surface area contributed by atoms with Crippen molar-refractivity contribution in [1.29, 1.82) is 0 Å². The molecule has 8 heteroatoms. The monoisotopic (exact) mass is 437 g/mol. The number of carbonyl (C=O) groups is 2. The maximum atomic E-state index is 13.9. The summed E-state index contributed by atoms with van der Waals surface area (Å²) in [6.07, 6.45) is 2.71. The van der Waals surface area contributed by atoms with Gasteiger partial charge in [-0.25, -0.2) is 4.39 Å². The topological polar surface area (TPSA) is 77.8 Å². The van der Waals surface area contributed by atoms with E-state index in [1.807, 2.05) is 18.0 Å². The molecule has 2 unspecified atom stereocenters. The average Bonchev–Trinajstić information content (AvgIpc) is 3.09. The molecular weight excluding hydrogens is 417 g/mol. The van der Waals surface area contributed by atoms with E-state index in [0.717, 1.165) is 28.0 Å². The highest BCUT2D eigenvalue weighted by molar-refractivity contribution is 7.14. The van der Waals surface area contributed by atoms with Gasteiger partial charge in [-0.1, -0.05) is 29.3 Å². The summed E-state index contributed by atoms with van der Waals surface area (Å²) in [4.78, 5) is 25.5. The molecule has 1 saturated heterocycles.